The topological polar surface area (TPSA) is 84.3 Å². The van der Waals surface area contributed by atoms with E-state index in [0.717, 1.165) is 0 Å². The Labute approximate surface area is 149 Å². The van der Waals surface area contributed by atoms with Crippen molar-refractivity contribution in [2.45, 2.75) is 20.0 Å². The predicted octanol–water partition coefficient (Wildman–Crippen LogP) is 2.57. The van der Waals surface area contributed by atoms with Crippen molar-refractivity contribution in [3.8, 4) is 5.75 Å². The Morgan fingerprint density at radius 2 is 2.08 bits per heavy atom. The molecule has 0 saturated carbocycles. The maximum atomic E-state index is 12.0. The number of aliphatic hydroxyl groups excluding tert-OH is 1. The molecule has 6 nitrogen and oxygen atoms in total. The van der Waals surface area contributed by atoms with Crippen LogP contribution in [0.15, 0.2) is 24.3 Å². The zero-order valence-electron chi connectivity index (χ0n) is 13.2. The van der Waals surface area contributed by atoms with Crippen LogP contribution in [-0.4, -0.2) is 40.2 Å². The largest absolute Gasteiger partial charge is 0.489 e. The van der Waals surface area contributed by atoms with Crippen molar-refractivity contribution in [3.63, 3.8) is 0 Å². The van der Waals surface area contributed by atoms with Gasteiger partial charge in [0.1, 0.15) is 35.0 Å². The van der Waals surface area contributed by atoms with Gasteiger partial charge >= 0.3 is 0 Å². The summed E-state index contributed by atoms with van der Waals surface area (Å²) in [6, 6.07) is 6.56. The van der Waals surface area contributed by atoms with E-state index in [2.05, 4.69) is 15.3 Å². The molecule has 1 atom stereocenters. The minimum absolute atomic E-state index is 0.0130. The molecule has 24 heavy (non-hydrogen) atoms. The van der Waals surface area contributed by atoms with Crippen molar-refractivity contribution in [1.82, 2.24) is 15.3 Å². The second-order valence-electron chi connectivity index (χ2n) is 5.17. The number of hydrogen-bond acceptors (Lipinski definition) is 5. The molecular formula is C16H17Cl2N3O3. The third-order valence-corrected chi connectivity index (χ3v) is 3.85. The molecule has 0 aliphatic carbocycles. The number of carbonyl (C=O) groups excluding carboxylic acids is 1. The van der Waals surface area contributed by atoms with Crippen molar-refractivity contribution in [2.75, 3.05) is 13.2 Å². The fraction of sp³-hybridized carbons (Fsp3) is 0.312. The summed E-state index contributed by atoms with van der Waals surface area (Å²) < 4.78 is 5.41. The highest BCUT2D eigenvalue weighted by molar-refractivity contribution is 6.42. The van der Waals surface area contributed by atoms with Crippen LogP contribution in [0.4, 0.5) is 0 Å². The molecule has 0 saturated heterocycles. The van der Waals surface area contributed by atoms with E-state index >= 15 is 0 Å². The van der Waals surface area contributed by atoms with Gasteiger partial charge in [0, 0.05) is 12.2 Å². The monoisotopic (exact) mass is 369 g/mol. The summed E-state index contributed by atoms with van der Waals surface area (Å²) in [5.74, 6) is 0.500. The van der Waals surface area contributed by atoms with Crippen LogP contribution in [0.3, 0.4) is 0 Å². The smallest absolute Gasteiger partial charge is 0.270 e. The van der Waals surface area contributed by atoms with E-state index in [9.17, 15) is 9.90 Å². The van der Waals surface area contributed by atoms with Crippen LogP contribution in [0.25, 0.3) is 0 Å². The summed E-state index contributed by atoms with van der Waals surface area (Å²) in [7, 11) is 0. The number of aliphatic hydroxyl groups is 1. The molecule has 1 aromatic heterocycles. The quantitative estimate of drug-likeness (QED) is 0.817. The number of aromatic nitrogens is 2. The van der Waals surface area contributed by atoms with E-state index in [1.165, 1.54) is 0 Å². The molecule has 128 valence electrons. The van der Waals surface area contributed by atoms with Crippen LogP contribution >= 0.6 is 23.2 Å². The summed E-state index contributed by atoms with van der Waals surface area (Å²) in [6.45, 7) is 3.46. The maximum absolute atomic E-state index is 12.0. The molecule has 1 unspecified atom stereocenters. The lowest BCUT2D eigenvalue weighted by Gasteiger charge is -2.14. The number of halogens is 2. The zero-order valence-corrected chi connectivity index (χ0v) is 14.7. The minimum atomic E-state index is -0.909. The summed E-state index contributed by atoms with van der Waals surface area (Å²) in [5, 5.41) is 13.2. The lowest BCUT2D eigenvalue weighted by Crippen LogP contribution is -2.35. The molecule has 2 N–H and O–H groups in total. The predicted molar refractivity (Wildman–Crippen MR) is 91.8 cm³/mol. The van der Waals surface area contributed by atoms with Gasteiger partial charge in [0.25, 0.3) is 5.91 Å². The second kappa shape index (κ2) is 8.28. The summed E-state index contributed by atoms with van der Waals surface area (Å²) in [4.78, 5) is 20.2. The first-order chi connectivity index (χ1) is 11.4. The molecule has 2 rings (SSSR count). The molecule has 0 radical (unpaired) electrons. The Morgan fingerprint density at radius 3 is 2.79 bits per heavy atom. The van der Waals surface area contributed by atoms with E-state index < -0.39 is 6.10 Å². The standard InChI is InChI=1S/C16H17Cl2N3O3/c1-9-6-13(21-10(2)20-9)16(23)19-7-11(22)8-24-14-5-3-4-12(17)15(14)18/h3-6,11,22H,7-8H2,1-2H3,(H,19,23). The molecule has 0 aliphatic rings. The maximum Gasteiger partial charge on any atom is 0.270 e. The van der Waals surface area contributed by atoms with E-state index in [0.29, 0.717) is 22.3 Å². The zero-order chi connectivity index (χ0) is 17.7. The summed E-state index contributed by atoms with van der Waals surface area (Å²) in [5.41, 5.74) is 0.957. The number of amides is 1. The van der Waals surface area contributed by atoms with E-state index in [1.54, 1.807) is 38.1 Å². The highest BCUT2D eigenvalue weighted by Gasteiger charge is 2.13. The Morgan fingerprint density at radius 1 is 1.33 bits per heavy atom. The minimum Gasteiger partial charge on any atom is -0.489 e. The van der Waals surface area contributed by atoms with Gasteiger partial charge in [0.05, 0.1) is 5.02 Å². The van der Waals surface area contributed by atoms with Gasteiger partial charge in [-0.3, -0.25) is 4.79 Å². The fourth-order valence-electron chi connectivity index (χ4n) is 1.97. The number of rotatable bonds is 6. The van der Waals surface area contributed by atoms with Gasteiger partial charge in [-0.15, -0.1) is 0 Å². The molecule has 1 aromatic carbocycles. The summed E-state index contributed by atoms with van der Waals surface area (Å²) in [6.07, 6.45) is -0.909. The molecule has 0 fully saturated rings. The molecule has 1 amide bonds. The van der Waals surface area contributed by atoms with Crippen molar-refractivity contribution in [1.29, 1.82) is 0 Å². The highest BCUT2D eigenvalue weighted by atomic mass is 35.5. The lowest BCUT2D eigenvalue weighted by atomic mass is 10.3. The first-order valence-electron chi connectivity index (χ1n) is 7.22. The van der Waals surface area contributed by atoms with Gasteiger partial charge in [-0.2, -0.15) is 0 Å². The first kappa shape index (κ1) is 18.4. The SMILES string of the molecule is Cc1cc(C(=O)NCC(O)COc2cccc(Cl)c2Cl)nc(C)n1. The average Bonchev–Trinajstić information content (AvgIpc) is 2.53. The number of carbonyl (C=O) groups is 1. The third kappa shape index (κ3) is 5.06. The van der Waals surface area contributed by atoms with Gasteiger partial charge in [-0.25, -0.2) is 9.97 Å². The van der Waals surface area contributed by atoms with Gasteiger partial charge in [0.2, 0.25) is 0 Å². The van der Waals surface area contributed by atoms with Crippen LogP contribution in [-0.2, 0) is 0 Å². The first-order valence-corrected chi connectivity index (χ1v) is 7.97. The fourth-order valence-corrected chi connectivity index (χ4v) is 2.32. The average molecular weight is 370 g/mol. The number of aryl methyl sites for hydroxylation is 2. The van der Waals surface area contributed by atoms with Crippen LogP contribution in [0.1, 0.15) is 22.0 Å². The lowest BCUT2D eigenvalue weighted by molar-refractivity contribution is 0.0839. The summed E-state index contributed by atoms with van der Waals surface area (Å²) >= 11 is 11.9. The molecule has 0 aliphatic heterocycles. The Balaban J connectivity index is 1.85. The van der Waals surface area contributed by atoms with Crippen molar-refractivity contribution < 1.29 is 14.6 Å². The number of benzene rings is 1. The van der Waals surface area contributed by atoms with E-state index in [4.69, 9.17) is 27.9 Å². The number of hydrogen-bond donors (Lipinski definition) is 2. The number of nitrogens with one attached hydrogen (secondary N) is 1. The Bertz CT molecular complexity index is 720. The molecule has 8 heteroatoms. The Hall–Kier alpha value is -1.89. The Kier molecular flexibility index (Phi) is 6.36. The van der Waals surface area contributed by atoms with Crippen molar-refractivity contribution in [3.05, 3.63) is 51.5 Å². The van der Waals surface area contributed by atoms with Gasteiger partial charge in [0.15, 0.2) is 0 Å². The molecule has 0 spiro atoms. The third-order valence-electron chi connectivity index (χ3n) is 3.04. The van der Waals surface area contributed by atoms with Gasteiger partial charge < -0.3 is 15.2 Å². The molecule has 0 bridgehead atoms. The number of nitrogens with zero attached hydrogens (tertiary/aromatic N) is 2. The number of ether oxygens (including phenoxy) is 1. The van der Waals surface area contributed by atoms with Crippen molar-refractivity contribution >= 4 is 29.1 Å². The van der Waals surface area contributed by atoms with E-state index in [-0.39, 0.29) is 29.8 Å². The van der Waals surface area contributed by atoms with Crippen molar-refractivity contribution in [2.24, 2.45) is 0 Å². The van der Waals surface area contributed by atoms with Crippen LogP contribution < -0.4 is 10.1 Å². The normalized spacial score (nSPS) is 11.9. The van der Waals surface area contributed by atoms with Crippen LogP contribution in [0.5, 0.6) is 5.75 Å². The van der Waals surface area contributed by atoms with Crippen LogP contribution in [0, 0.1) is 13.8 Å². The molecular weight excluding hydrogens is 353 g/mol. The van der Waals surface area contributed by atoms with Gasteiger partial charge in [-0.05, 0) is 32.0 Å². The second-order valence-corrected chi connectivity index (χ2v) is 5.95. The van der Waals surface area contributed by atoms with E-state index in [1.807, 2.05) is 0 Å². The highest BCUT2D eigenvalue weighted by Crippen LogP contribution is 2.31. The van der Waals surface area contributed by atoms with Crippen LogP contribution in [0.2, 0.25) is 10.0 Å². The van der Waals surface area contributed by atoms with Gasteiger partial charge in [-0.1, -0.05) is 29.3 Å². The molecule has 1 heterocycles. The molecule has 2 aromatic rings.